The minimum absolute atomic E-state index is 0.0164. The molecule has 0 radical (unpaired) electrons. The number of aromatic nitrogens is 1. The van der Waals surface area contributed by atoms with Crippen LogP contribution in [0.15, 0.2) is 35.1 Å². The number of nitrogens with one attached hydrogen (secondary N) is 3. The highest BCUT2D eigenvalue weighted by atomic mass is 32.2. The molecule has 0 saturated heterocycles. The molecule has 2 aromatic rings. The van der Waals surface area contributed by atoms with Crippen LogP contribution in [0.25, 0.3) is 0 Å². The van der Waals surface area contributed by atoms with Crippen molar-refractivity contribution in [3.63, 3.8) is 0 Å². The number of carbonyl (C=O) groups excluding carboxylic acids is 2. The Kier molecular flexibility index (Phi) is 5.85. The number of ketones is 1. The van der Waals surface area contributed by atoms with E-state index < -0.39 is 21.5 Å². The number of hydrogen-bond acceptors (Lipinski definition) is 5. The van der Waals surface area contributed by atoms with Gasteiger partial charge in [0.25, 0.3) is 11.5 Å². The minimum atomic E-state index is -3.41. The van der Waals surface area contributed by atoms with E-state index in [1.54, 1.807) is 6.92 Å². The summed E-state index contributed by atoms with van der Waals surface area (Å²) in [5, 5.41) is 2.60. The van der Waals surface area contributed by atoms with Gasteiger partial charge in [-0.05, 0) is 48.6 Å². The average Bonchev–Trinajstić information content (AvgIpc) is 2.61. The fraction of sp³-hybridized carbons (Fsp3) is 0.381. The van der Waals surface area contributed by atoms with E-state index in [4.69, 9.17) is 0 Å². The molecule has 30 heavy (non-hydrogen) atoms. The lowest BCUT2D eigenvalue weighted by atomic mass is 9.75. The van der Waals surface area contributed by atoms with Crippen LogP contribution in [-0.2, 0) is 16.4 Å². The number of aromatic amines is 1. The Bertz CT molecular complexity index is 1150. The van der Waals surface area contributed by atoms with Crippen LogP contribution < -0.4 is 15.6 Å². The van der Waals surface area contributed by atoms with Gasteiger partial charge in [-0.1, -0.05) is 20.8 Å². The molecule has 0 saturated carbocycles. The maximum atomic E-state index is 12.6. The molecule has 0 aliphatic heterocycles. The van der Waals surface area contributed by atoms with Gasteiger partial charge in [-0.25, -0.2) is 8.42 Å². The largest absolute Gasteiger partial charge is 0.325 e. The maximum Gasteiger partial charge on any atom is 0.261 e. The number of Topliss-reactive ketones (excluding diaryl/α,β-unsaturated/α-hetero) is 1. The van der Waals surface area contributed by atoms with Gasteiger partial charge in [0.1, 0.15) is 5.56 Å². The highest BCUT2D eigenvalue weighted by Crippen LogP contribution is 2.33. The Hall–Kier alpha value is -2.94. The first-order valence-corrected chi connectivity index (χ1v) is 11.4. The molecule has 1 aromatic heterocycles. The number of carbonyl (C=O) groups is 2. The monoisotopic (exact) mass is 431 g/mol. The topological polar surface area (TPSA) is 125 Å². The van der Waals surface area contributed by atoms with Crippen molar-refractivity contribution in [2.75, 3.05) is 15.8 Å². The second kappa shape index (κ2) is 8.06. The van der Waals surface area contributed by atoms with Gasteiger partial charge in [-0.15, -0.1) is 0 Å². The van der Waals surface area contributed by atoms with E-state index in [9.17, 15) is 22.8 Å². The molecule has 3 N–H and O–H groups in total. The molecule has 0 unspecified atom stereocenters. The molecule has 8 nitrogen and oxygen atoms in total. The second-order valence-corrected chi connectivity index (χ2v) is 10.1. The van der Waals surface area contributed by atoms with E-state index in [1.165, 1.54) is 30.3 Å². The molecule has 0 fully saturated rings. The summed E-state index contributed by atoms with van der Waals surface area (Å²) in [6.45, 7) is 5.69. The number of amides is 1. The Morgan fingerprint density at radius 1 is 1.10 bits per heavy atom. The molecular formula is C21H25N3O5S. The fourth-order valence-electron chi connectivity index (χ4n) is 3.52. The van der Waals surface area contributed by atoms with Crippen molar-refractivity contribution in [1.82, 2.24) is 4.98 Å². The molecule has 1 aliphatic rings. The summed E-state index contributed by atoms with van der Waals surface area (Å²) in [4.78, 5) is 40.1. The third-order valence-corrected chi connectivity index (χ3v) is 6.34. The molecule has 0 spiro atoms. The van der Waals surface area contributed by atoms with Gasteiger partial charge in [0.2, 0.25) is 10.0 Å². The third kappa shape index (κ3) is 4.96. The number of anilines is 2. The normalized spacial score (nSPS) is 15.4. The predicted molar refractivity (Wildman–Crippen MR) is 116 cm³/mol. The summed E-state index contributed by atoms with van der Waals surface area (Å²) in [6.07, 6.45) is 1.40. The van der Waals surface area contributed by atoms with Crippen LogP contribution in [0.4, 0.5) is 11.4 Å². The molecule has 1 aromatic carbocycles. The summed E-state index contributed by atoms with van der Waals surface area (Å²) < 4.78 is 26.1. The Balaban J connectivity index is 1.78. The van der Waals surface area contributed by atoms with Crippen molar-refractivity contribution < 1.29 is 18.0 Å². The maximum absolute atomic E-state index is 12.6. The van der Waals surface area contributed by atoms with Gasteiger partial charge in [0.05, 0.1) is 5.75 Å². The zero-order valence-corrected chi connectivity index (χ0v) is 18.0. The summed E-state index contributed by atoms with van der Waals surface area (Å²) in [5.41, 5.74) is 0.762. The van der Waals surface area contributed by atoms with E-state index in [0.29, 0.717) is 41.9 Å². The van der Waals surface area contributed by atoms with E-state index in [-0.39, 0.29) is 22.5 Å². The third-order valence-electron chi connectivity index (χ3n) is 4.85. The molecular weight excluding hydrogens is 406 g/mol. The highest BCUT2D eigenvalue weighted by molar-refractivity contribution is 7.92. The lowest BCUT2D eigenvalue weighted by molar-refractivity contribution is 0.0910. The molecule has 1 aliphatic carbocycles. The van der Waals surface area contributed by atoms with Crippen molar-refractivity contribution >= 4 is 33.1 Å². The smallest absolute Gasteiger partial charge is 0.261 e. The number of hydrogen-bond donors (Lipinski definition) is 3. The van der Waals surface area contributed by atoms with E-state index >= 15 is 0 Å². The molecule has 1 amide bonds. The van der Waals surface area contributed by atoms with Crippen molar-refractivity contribution in [2.45, 2.75) is 40.0 Å². The molecule has 1 heterocycles. The number of fused-ring (bicyclic) bond motifs is 1. The molecule has 9 heteroatoms. The summed E-state index contributed by atoms with van der Waals surface area (Å²) in [7, 11) is -3.41. The first-order valence-electron chi connectivity index (χ1n) is 9.71. The van der Waals surface area contributed by atoms with Crippen LogP contribution in [0.3, 0.4) is 0 Å². The van der Waals surface area contributed by atoms with Crippen LogP contribution in [0.1, 0.15) is 60.0 Å². The van der Waals surface area contributed by atoms with Gasteiger partial charge in [0.15, 0.2) is 5.78 Å². The van der Waals surface area contributed by atoms with Crippen molar-refractivity contribution in [1.29, 1.82) is 0 Å². The van der Waals surface area contributed by atoms with Gasteiger partial charge >= 0.3 is 0 Å². The zero-order valence-electron chi connectivity index (χ0n) is 17.2. The Morgan fingerprint density at radius 2 is 1.73 bits per heavy atom. The van der Waals surface area contributed by atoms with Crippen molar-refractivity contribution in [3.05, 3.63) is 57.5 Å². The first-order chi connectivity index (χ1) is 14.0. The first kappa shape index (κ1) is 21.8. The SMILES string of the molecule is CCCS(=O)(=O)Nc1ccc(NC(=O)c2cc3c([nH]c2=O)CC(C)(C)CC3=O)cc1. The van der Waals surface area contributed by atoms with Crippen LogP contribution in [0.2, 0.25) is 0 Å². The van der Waals surface area contributed by atoms with Crippen molar-refractivity contribution in [3.8, 4) is 0 Å². The Labute approximate surface area is 175 Å². The van der Waals surface area contributed by atoms with E-state index in [1.807, 2.05) is 13.8 Å². The summed E-state index contributed by atoms with van der Waals surface area (Å²) >= 11 is 0. The van der Waals surface area contributed by atoms with Crippen molar-refractivity contribution in [2.24, 2.45) is 5.41 Å². The van der Waals surface area contributed by atoms with E-state index in [0.717, 1.165) is 0 Å². The zero-order chi connectivity index (χ0) is 22.1. The Morgan fingerprint density at radius 3 is 2.37 bits per heavy atom. The van der Waals surface area contributed by atoms with Crippen LogP contribution in [0.5, 0.6) is 0 Å². The lowest BCUT2D eigenvalue weighted by Crippen LogP contribution is -2.32. The highest BCUT2D eigenvalue weighted by Gasteiger charge is 2.32. The van der Waals surface area contributed by atoms with Crippen LogP contribution >= 0.6 is 0 Å². The van der Waals surface area contributed by atoms with Gasteiger partial charge in [0, 0.05) is 29.1 Å². The average molecular weight is 432 g/mol. The van der Waals surface area contributed by atoms with Gasteiger partial charge < -0.3 is 10.3 Å². The predicted octanol–water partition coefficient (Wildman–Crippen LogP) is 2.93. The quantitative estimate of drug-likeness (QED) is 0.648. The van der Waals surface area contributed by atoms with Gasteiger partial charge in [-0.3, -0.25) is 19.1 Å². The van der Waals surface area contributed by atoms with E-state index in [2.05, 4.69) is 15.0 Å². The lowest BCUT2D eigenvalue weighted by Gasteiger charge is -2.29. The number of sulfonamides is 1. The minimum Gasteiger partial charge on any atom is -0.325 e. The number of benzene rings is 1. The fourth-order valence-corrected chi connectivity index (χ4v) is 4.65. The number of rotatable bonds is 6. The molecule has 0 atom stereocenters. The molecule has 0 bridgehead atoms. The number of H-pyrrole nitrogens is 1. The summed E-state index contributed by atoms with van der Waals surface area (Å²) in [5.74, 6) is -0.728. The van der Waals surface area contributed by atoms with Gasteiger partial charge in [-0.2, -0.15) is 0 Å². The number of pyridine rings is 1. The second-order valence-electron chi connectivity index (χ2n) is 8.30. The molecule has 3 rings (SSSR count). The van der Waals surface area contributed by atoms with Crippen LogP contribution in [-0.4, -0.2) is 30.8 Å². The standard InChI is InChI=1S/C21H25N3O5S/c1-4-9-30(28,29)24-14-7-5-13(6-8-14)22-19(26)16-10-15-17(23-20(16)27)11-21(2,3)12-18(15)25/h5-8,10,24H,4,9,11-12H2,1-3H3,(H,22,26)(H,23,27). The molecule has 160 valence electrons. The summed E-state index contributed by atoms with van der Waals surface area (Å²) in [6, 6.07) is 7.45. The van der Waals surface area contributed by atoms with Crippen LogP contribution in [0, 0.1) is 5.41 Å².